The molecule has 0 bridgehead atoms. The Morgan fingerprint density at radius 2 is 2.25 bits per heavy atom. The Labute approximate surface area is 114 Å². The highest BCUT2D eigenvalue weighted by molar-refractivity contribution is 6.01. The van der Waals surface area contributed by atoms with Gasteiger partial charge in [-0.25, -0.2) is 0 Å². The van der Waals surface area contributed by atoms with Crippen molar-refractivity contribution in [2.75, 3.05) is 5.32 Å². The Balaban J connectivity index is 2.09. The van der Waals surface area contributed by atoms with Gasteiger partial charge in [0.05, 0.1) is 5.92 Å². The summed E-state index contributed by atoms with van der Waals surface area (Å²) in [6.07, 6.45) is 2.38. The van der Waals surface area contributed by atoms with Crippen molar-refractivity contribution in [2.45, 2.75) is 18.8 Å². The second kappa shape index (κ2) is 4.52. The fourth-order valence-corrected chi connectivity index (χ4v) is 2.67. The highest BCUT2D eigenvalue weighted by Crippen LogP contribution is 2.41. The number of hydrogen-bond acceptors (Lipinski definition) is 3. The molecule has 1 unspecified atom stereocenters. The summed E-state index contributed by atoms with van der Waals surface area (Å²) in [6.45, 7) is 3.39. The minimum Gasteiger partial charge on any atom is -0.481 e. The van der Waals surface area contributed by atoms with E-state index in [-0.39, 0.29) is 5.91 Å². The maximum absolute atomic E-state index is 11.3. The number of carboxylic acids is 1. The minimum absolute atomic E-state index is 0.306. The van der Waals surface area contributed by atoms with Crippen LogP contribution in [0.3, 0.4) is 0 Å². The number of fused-ring (bicyclic) bond motifs is 3. The van der Waals surface area contributed by atoms with Gasteiger partial charge in [-0.05, 0) is 30.7 Å². The molecule has 1 atom stereocenters. The first kappa shape index (κ1) is 12.5. The topological polar surface area (TPSA) is 79.5 Å². The van der Waals surface area contributed by atoms with Crippen molar-refractivity contribution >= 4 is 28.5 Å². The molecule has 2 aromatic rings. The standard InChI is InChI=1S/C15H13NO4/c1-2-13(17)16-8-3-5-11-10(7-8)14-9(15(18)19)4-6-12(14)20-11/h2-3,5,7,9H,1,4,6H2,(H,16,17)(H,18,19). The lowest BCUT2D eigenvalue weighted by Crippen LogP contribution is -2.08. The van der Waals surface area contributed by atoms with Gasteiger partial charge >= 0.3 is 5.97 Å². The summed E-state index contributed by atoms with van der Waals surface area (Å²) in [5.41, 5.74) is 1.99. The van der Waals surface area contributed by atoms with Crippen LogP contribution in [-0.2, 0) is 16.0 Å². The summed E-state index contributed by atoms with van der Waals surface area (Å²) in [7, 11) is 0. The van der Waals surface area contributed by atoms with E-state index in [1.165, 1.54) is 6.08 Å². The van der Waals surface area contributed by atoms with E-state index in [0.717, 1.165) is 16.7 Å². The fourth-order valence-electron chi connectivity index (χ4n) is 2.67. The number of aliphatic carboxylic acids is 1. The molecule has 0 aliphatic heterocycles. The first-order valence-corrected chi connectivity index (χ1v) is 6.31. The van der Waals surface area contributed by atoms with Gasteiger partial charge in [-0.15, -0.1) is 0 Å². The minimum atomic E-state index is -0.841. The van der Waals surface area contributed by atoms with Gasteiger partial charge in [0.25, 0.3) is 0 Å². The predicted octanol–water partition coefficient (Wildman–Crippen LogP) is 2.67. The van der Waals surface area contributed by atoms with Crippen molar-refractivity contribution in [3.05, 3.63) is 42.2 Å². The van der Waals surface area contributed by atoms with E-state index >= 15 is 0 Å². The summed E-state index contributed by atoms with van der Waals surface area (Å²) in [4.78, 5) is 22.6. The van der Waals surface area contributed by atoms with Crippen molar-refractivity contribution < 1.29 is 19.1 Å². The van der Waals surface area contributed by atoms with E-state index < -0.39 is 11.9 Å². The van der Waals surface area contributed by atoms with Crippen LogP contribution in [0.2, 0.25) is 0 Å². The fraction of sp³-hybridized carbons (Fsp3) is 0.200. The average Bonchev–Trinajstić information content (AvgIpc) is 2.97. The lowest BCUT2D eigenvalue weighted by molar-refractivity contribution is -0.138. The molecule has 1 amide bonds. The molecule has 3 rings (SSSR count). The molecule has 5 nitrogen and oxygen atoms in total. The van der Waals surface area contributed by atoms with Crippen LogP contribution in [0.5, 0.6) is 0 Å². The Kier molecular flexibility index (Phi) is 2.82. The summed E-state index contributed by atoms with van der Waals surface area (Å²) in [5.74, 6) is -0.942. The van der Waals surface area contributed by atoms with Gasteiger partial charge in [-0.1, -0.05) is 6.58 Å². The predicted molar refractivity (Wildman–Crippen MR) is 73.7 cm³/mol. The number of aryl methyl sites for hydroxylation is 1. The Morgan fingerprint density at radius 3 is 2.95 bits per heavy atom. The van der Waals surface area contributed by atoms with E-state index in [4.69, 9.17) is 4.42 Å². The average molecular weight is 271 g/mol. The molecule has 1 aromatic heterocycles. The van der Waals surface area contributed by atoms with Crippen molar-refractivity contribution in [2.24, 2.45) is 0 Å². The monoisotopic (exact) mass is 271 g/mol. The largest absolute Gasteiger partial charge is 0.481 e. The molecule has 2 N–H and O–H groups in total. The van der Waals surface area contributed by atoms with E-state index in [0.29, 0.717) is 24.1 Å². The van der Waals surface area contributed by atoms with Crippen LogP contribution in [0, 0.1) is 0 Å². The molecule has 0 fully saturated rings. The zero-order valence-corrected chi connectivity index (χ0v) is 10.7. The Hall–Kier alpha value is -2.56. The normalized spacial score (nSPS) is 16.9. The number of carboxylic acid groups (broad SMARTS) is 1. The molecular formula is C15H13NO4. The maximum Gasteiger partial charge on any atom is 0.311 e. The van der Waals surface area contributed by atoms with Gasteiger partial charge in [0.15, 0.2) is 0 Å². The van der Waals surface area contributed by atoms with E-state index in [2.05, 4.69) is 11.9 Å². The van der Waals surface area contributed by atoms with Gasteiger partial charge in [0.2, 0.25) is 5.91 Å². The SMILES string of the molecule is C=CC(=O)Nc1ccc2oc3c(c2c1)C(C(=O)O)CC3. The van der Waals surface area contributed by atoms with Crippen LogP contribution in [0.1, 0.15) is 23.7 Å². The third-order valence-corrected chi connectivity index (χ3v) is 3.56. The van der Waals surface area contributed by atoms with Crippen LogP contribution < -0.4 is 5.32 Å². The summed E-state index contributed by atoms with van der Waals surface area (Å²) < 4.78 is 5.68. The van der Waals surface area contributed by atoms with Crippen LogP contribution in [0.15, 0.2) is 35.3 Å². The van der Waals surface area contributed by atoms with Gasteiger partial charge in [0.1, 0.15) is 11.3 Å². The molecule has 1 heterocycles. The van der Waals surface area contributed by atoms with Gasteiger partial charge in [0, 0.05) is 23.1 Å². The zero-order valence-electron chi connectivity index (χ0n) is 10.7. The van der Waals surface area contributed by atoms with Gasteiger partial charge in [-0.2, -0.15) is 0 Å². The number of nitrogens with one attached hydrogen (secondary N) is 1. The lowest BCUT2D eigenvalue weighted by atomic mass is 10.00. The van der Waals surface area contributed by atoms with Crippen LogP contribution in [0.4, 0.5) is 5.69 Å². The van der Waals surface area contributed by atoms with Crippen LogP contribution in [0.25, 0.3) is 11.0 Å². The number of amides is 1. The van der Waals surface area contributed by atoms with Gasteiger partial charge in [-0.3, -0.25) is 9.59 Å². The highest BCUT2D eigenvalue weighted by Gasteiger charge is 2.33. The summed E-state index contributed by atoms with van der Waals surface area (Å²) >= 11 is 0. The smallest absolute Gasteiger partial charge is 0.311 e. The summed E-state index contributed by atoms with van der Waals surface area (Å²) in [6, 6.07) is 5.21. The molecule has 0 saturated carbocycles. The number of anilines is 1. The number of hydrogen-bond donors (Lipinski definition) is 2. The zero-order chi connectivity index (χ0) is 14.3. The third kappa shape index (κ3) is 1.87. The van der Waals surface area contributed by atoms with Crippen molar-refractivity contribution in [1.29, 1.82) is 0 Å². The van der Waals surface area contributed by atoms with Crippen molar-refractivity contribution in [1.82, 2.24) is 0 Å². The van der Waals surface area contributed by atoms with E-state index in [9.17, 15) is 14.7 Å². The molecule has 0 spiro atoms. The number of carbonyl (C=O) groups is 2. The molecule has 0 radical (unpaired) electrons. The van der Waals surface area contributed by atoms with Crippen molar-refractivity contribution in [3.63, 3.8) is 0 Å². The molecule has 5 heteroatoms. The molecule has 1 aliphatic carbocycles. The molecular weight excluding hydrogens is 258 g/mol. The lowest BCUT2D eigenvalue weighted by Gasteiger charge is -2.05. The second-order valence-electron chi connectivity index (χ2n) is 4.77. The first-order valence-electron chi connectivity index (χ1n) is 6.31. The van der Waals surface area contributed by atoms with E-state index in [1.807, 2.05) is 0 Å². The number of carbonyl (C=O) groups excluding carboxylic acids is 1. The van der Waals surface area contributed by atoms with Crippen LogP contribution in [-0.4, -0.2) is 17.0 Å². The Morgan fingerprint density at radius 1 is 1.45 bits per heavy atom. The molecule has 0 saturated heterocycles. The number of furan rings is 1. The molecule has 20 heavy (non-hydrogen) atoms. The van der Waals surface area contributed by atoms with Gasteiger partial charge < -0.3 is 14.8 Å². The highest BCUT2D eigenvalue weighted by atomic mass is 16.4. The second-order valence-corrected chi connectivity index (χ2v) is 4.77. The number of benzene rings is 1. The molecule has 102 valence electrons. The number of rotatable bonds is 3. The van der Waals surface area contributed by atoms with E-state index in [1.54, 1.807) is 18.2 Å². The molecule has 1 aliphatic rings. The third-order valence-electron chi connectivity index (χ3n) is 3.56. The van der Waals surface area contributed by atoms with Crippen LogP contribution >= 0.6 is 0 Å². The first-order chi connectivity index (χ1) is 9.60. The Bertz CT molecular complexity index is 729. The summed E-state index contributed by atoms with van der Waals surface area (Å²) in [5, 5.41) is 12.7. The quantitative estimate of drug-likeness (QED) is 0.841. The van der Waals surface area contributed by atoms with Crippen molar-refractivity contribution in [3.8, 4) is 0 Å². The molecule has 1 aromatic carbocycles. The maximum atomic E-state index is 11.3.